The molecule has 96 valence electrons. The van der Waals surface area contributed by atoms with E-state index in [1.54, 1.807) is 7.11 Å². The van der Waals surface area contributed by atoms with E-state index in [2.05, 4.69) is 12.2 Å². The number of hydrogen-bond donors (Lipinski definition) is 1. The fourth-order valence-electron chi connectivity index (χ4n) is 1.60. The molecule has 0 spiro atoms. The summed E-state index contributed by atoms with van der Waals surface area (Å²) in [5.41, 5.74) is 0. The molecule has 0 fully saturated rings. The van der Waals surface area contributed by atoms with Crippen LogP contribution in [0, 0.1) is 0 Å². The molecule has 3 nitrogen and oxygen atoms in total. The van der Waals surface area contributed by atoms with Crippen molar-refractivity contribution in [3.05, 3.63) is 0 Å². The summed E-state index contributed by atoms with van der Waals surface area (Å²) in [5.74, 6) is 0.158. The van der Waals surface area contributed by atoms with Crippen LogP contribution in [0.15, 0.2) is 0 Å². The molecule has 16 heavy (non-hydrogen) atoms. The molecule has 0 saturated carbocycles. The molecule has 0 unspecified atom stereocenters. The third-order valence-corrected chi connectivity index (χ3v) is 2.60. The summed E-state index contributed by atoms with van der Waals surface area (Å²) >= 11 is 0. The monoisotopic (exact) mass is 229 g/mol. The lowest BCUT2D eigenvalue weighted by atomic mass is 10.1. The molecule has 0 atom stereocenters. The first kappa shape index (κ1) is 15.4. The zero-order valence-electron chi connectivity index (χ0n) is 10.9. The lowest BCUT2D eigenvalue weighted by molar-refractivity contribution is -0.121. The van der Waals surface area contributed by atoms with E-state index < -0.39 is 0 Å². The van der Waals surface area contributed by atoms with Crippen molar-refractivity contribution in [3.8, 4) is 0 Å². The SMILES string of the molecule is CCCCCCCCNC(=O)CCCOC. The van der Waals surface area contributed by atoms with Crippen molar-refractivity contribution < 1.29 is 9.53 Å². The normalized spacial score (nSPS) is 10.4. The second-order valence-electron chi connectivity index (χ2n) is 4.21. The molecule has 0 aromatic heterocycles. The Hall–Kier alpha value is -0.570. The van der Waals surface area contributed by atoms with Crippen LogP contribution in [0.1, 0.15) is 58.3 Å². The summed E-state index contributed by atoms with van der Waals surface area (Å²) in [7, 11) is 1.66. The first-order valence-corrected chi connectivity index (χ1v) is 6.57. The Labute approximate surface area is 99.9 Å². The average Bonchev–Trinajstić information content (AvgIpc) is 2.28. The van der Waals surface area contributed by atoms with Gasteiger partial charge >= 0.3 is 0 Å². The van der Waals surface area contributed by atoms with Crippen molar-refractivity contribution in [2.45, 2.75) is 58.3 Å². The zero-order valence-corrected chi connectivity index (χ0v) is 10.9. The van der Waals surface area contributed by atoms with Gasteiger partial charge in [-0.05, 0) is 12.8 Å². The quantitative estimate of drug-likeness (QED) is 0.553. The summed E-state index contributed by atoms with van der Waals surface area (Å²) in [6, 6.07) is 0. The molecular formula is C13H27NO2. The highest BCUT2D eigenvalue weighted by atomic mass is 16.5. The molecule has 0 aliphatic carbocycles. The Balaban J connectivity index is 3.09. The van der Waals surface area contributed by atoms with Crippen LogP contribution in [0.2, 0.25) is 0 Å². The fourth-order valence-corrected chi connectivity index (χ4v) is 1.60. The molecule has 0 aromatic carbocycles. The maximum Gasteiger partial charge on any atom is 0.220 e. The van der Waals surface area contributed by atoms with Gasteiger partial charge in [0.2, 0.25) is 5.91 Å². The van der Waals surface area contributed by atoms with Gasteiger partial charge in [-0.3, -0.25) is 4.79 Å². The first-order valence-electron chi connectivity index (χ1n) is 6.57. The first-order chi connectivity index (χ1) is 7.81. The van der Waals surface area contributed by atoms with E-state index in [1.165, 1.54) is 32.1 Å². The van der Waals surface area contributed by atoms with Crippen LogP contribution in [-0.2, 0) is 9.53 Å². The molecule has 0 aliphatic heterocycles. The summed E-state index contributed by atoms with van der Waals surface area (Å²) in [6.45, 7) is 3.72. The smallest absolute Gasteiger partial charge is 0.220 e. The lowest BCUT2D eigenvalue weighted by Crippen LogP contribution is -2.24. The van der Waals surface area contributed by atoms with Crippen LogP contribution in [0.3, 0.4) is 0 Å². The van der Waals surface area contributed by atoms with Gasteiger partial charge in [0.05, 0.1) is 0 Å². The molecule has 0 bridgehead atoms. The summed E-state index contributed by atoms with van der Waals surface area (Å²) < 4.78 is 4.89. The molecular weight excluding hydrogens is 202 g/mol. The standard InChI is InChI=1S/C13H27NO2/c1-3-4-5-6-7-8-11-14-13(15)10-9-12-16-2/h3-12H2,1-2H3,(H,14,15). The number of rotatable bonds is 11. The van der Waals surface area contributed by atoms with E-state index in [4.69, 9.17) is 4.74 Å². The van der Waals surface area contributed by atoms with Crippen LogP contribution < -0.4 is 5.32 Å². The highest BCUT2D eigenvalue weighted by Gasteiger charge is 1.99. The third kappa shape index (κ3) is 11.5. The highest BCUT2D eigenvalue weighted by molar-refractivity contribution is 5.75. The average molecular weight is 229 g/mol. The van der Waals surface area contributed by atoms with Crippen molar-refractivity contribution in [2.75, 3.05) is 20.3 Å². The molecule has 0 aliphatic rings. The highest BCUT2D eigenvalue weighted by Crippen LogP contribution is 2.04. The number of unbranched alkanes of at least 4 members (excludes halogenated alkanes) is 5. The number of amides is 1. The van der Waals surface area contributed by atoms with Crippen LogP contribution >= 0.6 is 0 Å². The van der Waals surface area contributed by atoms with Gasteiger partial charge < -0.3 is 10.1 Å². The lowest BCUT2D eigenvalue weighted by Gasteiger charge is -2.04. The van der Waals surface area contributed by atoms with Crippen LogP contribution in [0.5, 0.6) is 0 Å². The number of carbonyl (C=O) groups is 1. The summed E-state index contributed by atoms with van der Waals surface area (Å²) in [4.78, 5) is 11.3. The van der Waals surface area contributed by atoms with Crippen molar-refractivity contribution in [1.82, 2.24) is 5.32 Å². The van der Waals surface area contributed by atoms with Gasteiger partial charge in [0, 0.05) is 26.7 Å². The predicted molar refractivity (Wildman–Crippen MR) is 67.5 cm³/mol. The van der Waals surface area contributed by atoms with Crippen molar-refractivity contribution >= 4 is 5.91 Å². The summed E-state index contributed by atoms with van der Waals surface area (Å²) in [5, 5.41) is 2.94. The van der Waals surface area contributed by atoms with E-state index in [9.17, 15) is 4.79 Å². The minimum absolute atomic E-state index is 0.158. The second kappa shape index (κ2) is 12.5. The van der Waals surface area contributed by atoms with E-state index in [-0.39, 0.29) is 5.91 Å². The number of nitrogens with one attached hydrogen (secondary N) is 1. The largest absolute Gasteiger partial charge is 0.385 e. The number of ether oxygens (including phenoxy) is 1. The van der Waals surface area contributed by atoms with Gasteiger partial charge in [0.25, 0.3) is 0 Å². The third-order valence-electron chi connectivity index (χ3n) is 2.60. The minimum atomic E-state index is 0.158. The van der Waals surface area contributed by atoms with Crippen molar-refractivity contribution in [2.24, 2.45) is 0 Å². The second-order valence-corrected chi connectivity index (χ2v) is 4.21. The maximum atomic E-state index is 11.3. The Kier molecular flexibility index (Phi) is 12.1. The van der Waals surface area contributed by atoms with Gasteiger partial charge in [-0.1, -0.05) is 39.0 Å². The Morgan fingerprint density at radius 1 is 1.06 bits per heavy atom. The van der Waals surface area contributed by atoms with Gasteiger partial charge in [-0.15, -0.1) is 0 Å². The van der Waals surface area contributed by atoms with Crippen LogP contribution in [-0.4, -0.2) is 26.2 Å². The molecule has 0 radical (unpaired) electrons. The molecule has 0 saturated heterocycles. The Morgan fingerprint density at radius 3 is 2.44 bits per heavy atom. The van der Waals surface area contributed by atoms with E-state index in [1.807, 2.05) is 0 Å². The molecule has 3 heteroatoms. The van der Waals surface area contributed by atoms with Crippen molar-refractivity contribution in [3.63, 3.8) is 0 Å². The molecule has 0 heterocycles. The van der Waals surface area contributed by atoms with Gasteiger partial charge in [0.15, 0.2) is 0 Å². The maximum absolute atomic E-state index is 11.3. The Bertz CT molecular complexity index is 160. The van der Waals surface area contributed by atoms with Crippen molar-refractivity contribution in [1.29, 1.82) is 0 Å². The van der Waals surface area contributed by atoms with E-state index in [0.717, 1.165) is 19.4 Å². The number of hydrogen-bond acceptors (Lipinski definition) is 2. The van der Waals surface area contributed by atoms with Crippen LogP contribution in [0.25, 0.3) is 0 Å². The number of carbonyl (C=O) groups excluding carboxylic acids is 1. The van der Waals surface area contributed by atoms with E-state index >= 15 is 0 Å². The Morgan fingerprint density at radius 2 is 1.75 bits per heavy atom. The minimum Gasteiger partial charge on any atom is -0.385 e. The molecule has 0 rings (SSSR count). The van der Waals surface area contributed by atoms with Crippen LogP contribution in [0.4, 0.5) is 0 Å². The molecule has 0 aromatic rings. The van der Waals surface area contributed by atoms with Gasteiger partial charge in [0.1, 0.15) is 0 Å². The molecule has 1 N–H and O–H groups in total. The predicted octanol–water partition coefficient (Wildman–Crippen LogP) is 2.89. The molecule has 1 amide bonds. The number of methoxy groups -OCH3 is 1. The summed E-state index contributed by atoms with van der Waals surface area (Å²) in [6.07, 6.45) is 9.01. The van der Waals surface area contributed by atoms with Gasteiger partial charge in [-0.25, -0.2) is 0 Å². The zero-order chi connectivity index (χ0) is 12.1. The topological polar surface area (TPSA) is 38.3 Å². The van der Waals surface area contributed by atoms with E-state index in [0.29, 0.717) is 13.0 Å². The van der Waals surface area contributed by atoms with Gasteiger partial charge in [-0.2, -0.15) is 0 Å². The fraction of sp³-hybridized carbons (Fsp3) is 0.923.